The summed E-state index contributed by atoms with van der Waals surface area (Å²) in [5, 5.41) is 10.0. The molecule has 1 aromatic heterocycles. The molecule has 21 heavy (non-hydrogen) atoms. The molecule has 7 nitrogen and oxygen atoms in total. The van der Waals surface area contributed by atoms with Gasteiger partial charge in [0.15, 0.2) is 0 Å². The lowest BCUT2D eigenvalue weighted by atomic mass is 10.3. The third-order valence-corrected chi connectivity index (χ3v) is 5.52. The highest BCUT2D eigenvalue weighted by atomic mass is 32.2. The van der Waals surface area contributed by atoms with Crippen LogP contribution in [-0.4, -0.2) is 54.8 Å². The number of aromatic nitrogens is 2. The maximum absolute atomic E-state index is 12.9. The molecule has 1 aliphatic rings. The first-order valence-corrected chi connectivity index (χ1v) is 8.70. The number of nitrogens with zero attached hydrogens (tertiary/aromatic N) is 2. The molecule has 0 aromatic carbocycles. The highest BCUT2D eigenvalue weighted by Crippen LogP contribution is 2.25. The first kappa shape index (κ1) is 16.4. The molecule has 1 saturated heterocycles. The van der Waals surface area contributed by atoms with Gasteiger partial charge in [-0.2, -0.15) is 9.40 Å². The van der Waals surface area contributed by atoms with E-state index in [1.807, 2.05) is 20.8 Å². The molecule has 120 valence electrons. The van der Waals surface area contributed by atoms with Crippen molar-refractivity contribution in [3.63, 3.8) is 0 Å². The van der Waals surface area contributed by atoms with Crippen molar-refractivity contribution in [2.45, 2.75) is 51.3 Å². The predicted octanol–water partition coefficient (Wildman–Crippen LogP) is 0.626. The standard InChI is InChI=1S/C13H24N4O3S/c1-5-14-6-12-13(11(4)15-16-12)21(18,19)17-7-9(2)20-10(3)8-17/h9-10,14H,5-8H2,1-4H3,(H,15,16). The summed E-state index contributed by atoms with van der Waals surface area (Å²) in [4.78, 5) is 0.296. The van der Waals surface area contributed by atoms with E-state index in [0.717, 1.165) is 6.54 Å². The van der Waals surface area contributed by atoms with E-state index in [1.165, 1.54) is 4.31 Å². The maximum Gasteiger partial charge on any atom is 0.246 e. The van der Waals surface area contributed by atoms with Gasteiger partial charge < -0.3 is 10.1 Å². The summed E-state index contributed by atoms with van der Waals surface area (Å²) >= 11 is 0. The van der Waals surface area contributed by atoms with Crippen molar-refractivity contribution in [3.8, 4) is 0 Å². The molecule has 2 N–H and O–H groups in total. The van der Waals surface area contributed by atoms with E-state index in [9.17, 15) is 8.42 Å². The van der Waals surface area contributed by atoms with Gasteiger partial charge in [0.2, 0.25) is 10.0 Å². The number of nitrogens with one attached hydrogen (secondary N) is 2. The van der Waals surface area contributed by atoms with Crippen LogP contribution in [0.2, 0.25) is 0 Å². The quantitative estimate of drug-likeness (QED) is 0.832. The van der Waals surface area contributed by atoms with Crippen LogP contribution < -0.4 is 5.32 Å². The van der Waals surface area contributed by atoms with E-state index in [-0.39, 0.29) is 12.2 Å². The van der Waals surface area contributed by atoms with E-state index in [4.69, 9.17) is 4.74 Å². The molecule has 2 unspecified atom stereocenters. The third kappa shape index (κ3) is 3.45. The van der Waals surface area contributed by atoms with E-state index < -0.39 is 10.0 Å². The molecule has 1 aliphatic heterocycles. The molecule has 0 spiro atoms. The van der Waals surface area contributed by atoms with Crippen LogP contribution in [0.1, 0.15) is 32.2 Å². The third-order valence-electron chi connectivity index (χ3n) is 3.49. The van der Waals surface area contributed by atoms with Gasteiger partial charge in [-0.15, -0.1) is 0 Å². The Bertz CT molecular complexity index is 574. The average molecular weight is 316 g/mol. The van der Waals surface area contributed by atoms with Crippen molar-refractivity contribution in [1.82, 2.24) is 19.8 Å². The minimum absolute atomic E-state index is 0.104. The Labute approximate surface area is 126 Å². The zero-order valence-electron chi connectivity index (χ0n) is 13.0. The first-order chi connectivity index (χ1) is 9.86. The summed E-state index contributed by atoms with van der Waals surface area (Å²) in [7, 11) is -3.56. The van der Waals surface area contributed by atoms with Crippen LogP contribution in [0.5, 0.6) is 0 Å². The Balaban J connectivity index is 2.33. The summed E-state index contributed by atoms with van der Waals surface area (Å²) in [6, 6.07) is 0. The predicted molar refractivity (Wildman–Crippen MR) is 79.5 cm³/mol. The van der Waals surface area contributed by atoms with Crippen LogP contribution in [0.15, 0.2) is 4.90 Å². The minimum Gasteiger partial charge on any atom is -0.373 e. The molecule has 2 atom stereocenters. The highest BCUT2D eigenvalue weighted by Gasteiger charge is 2.35. The van der Waals surface area contributed by atoms with Crippen molar-refractivity contribution < 1.29 is 13.2 Å². The summed E-state index contributed by atoms with van der Waals surface area (Å²) < 4.78 is 33.0. The Kier molecular flexibility index (Phi) is 5.03. The smallest absolute Gasteiger partial charge is 0.246 e. The van der Waals surface area contributed by atoms with Gasteiger partial charge in [0.1, 0.15) is 4.90 Å². The molecular weight excluding hydrogens is 292 g/mol. The second-order valence-electron chi connectivity index (χ2n) is 5.48. The Morgan fingerprint density at radius 2 is 2.00 bits per heavy atom. The fourth-order valence-corrected chi connectivity index (χ4v) is 4.55. The number of hydrogen-bond acceptors (Lipinski definition) is 5. The Morgan fingerprint density at radius 3 is 2.57 bits per heavy atom. The molecule has 2 rings (SSSR count). The van der Waals surface area contributed by atoms with Gasteiger partial charge in [-0.25, -0.2) is 8.42 Å². The van der Waals surface area contributed by atoms with Crippen LogP contribution in [0.4, 0.5) is 0 Å². The largest absolute Gasteiger partial charge is 0.373 e. The number of aromatic amines is 1. The molecule has 0 amide bonds. The topological polar surface area (TPSA) is 87.3 Å². The number of sulfonamides is 1. The van der Waals surface area contributed by atoms with Gasteiger partial charge in [0.05, 0.1) is 23.6 Å². The van der Waals surface area contributed by atoms with Crippen molar-refractivity contribution in [3.05, 3.63) is 11.4 Å². The lowest BCUT2D eigenvalue weighted by Gasteiger charge is -2.34. The lowest BCUT2D eigenvalue weighted by Crippen LogP contribution is -2.48. The van der Waals surface area contributed by atoms with Gasteiger partial charge in [0.25, 0.3) is 0 Å². The van der Waals surface area contributed by atoms with E-state index in [1.54, 1.807) is 6.92 Å². The van der Waals surface area contributed by atoms with Crippen molar-refractivity contribution in [2.24, 2.45) is 0 Å². The second-order valence-corrected chi connectivity index (χ2v) is 7.36. The summed E-state index contributed by atoms with van der Waals surface area (Å²) in [6.07, 6.45) is -0.208. The number of morpholine rings is 1. The zero-order valence-corrected chi connectivity index (χ0v) is 13.8. The van der Waals surface area contributed by atoms with Gasteiger partial charge in [-0.1, -0.05) is 6.92 Å². The van der Waals surface area contributed by atoms with E-state index in [0.29, 0.717) is 35.9 Å². The number of H-pyrrole nitrogens is 1. The zero-order chi connectivity index (χ0) is 15.6. The minimum atomic E-state index is -3.56. The van der Waals surface area contributed by atoms with E-state index >= 15 is 0 Å². The van der Waals surface area contributed by atoms with Crippen LogP contribution in [0.3, 0.4) is 0 Å². The number of ether oxygens (including phenoxy) is 1. The molecule has 2 heterocycles. The molecule has 0 bridgehead atoms. The van der Waals surface area contributed by atoms with Crippen LogP contribution >= 0.6 is 0 Å². The number of rotatable bonds is 5. The van der Waals surface area contributed by atoms with Gasteiger partial charge >= 0.3 is 0 Å². The lowest BCUT2D eigenvalue weighted by molar-refractivity contribution is -0.0441. The first-order valence-electron chi connectivity index (χ1n) is 7.26. The fourth-order valence-electron chi connectivity index (χ4n) is 2.63. The molecule has 1 fully saturated rings. The number of aryl methyl sites for hydroxylation is 1. The summed E-state index contributed by atoms with van der Waals surface area (Å²) in [6.45, 7) is 9.43. The molecule has 0 saturated carbocycles. The molecule has 1 aromatic rings. The monoisotopic (exact) mass is 316 g/mol. The highest BCUT2D eigenvalue weighted by molar-refractivity contribution is 7.89. The molecular formula is C13H24N4O3S. The summed E-state index contributed by atoms with van der Waals surface area (Å²) in [5.41, 5.74) is 1.12. The number of hydrogen-bond donors (Lipinski definition) is 2. The second kappa shape index (κ2) is 6.43. The molecule has 0 radical (unpaired) electrons. The van der Waals surface area contributed by atoms with Gasteiger partial charge in [-0.05, 0) is 27.3 Å². The maximum atomic E-state index is 12.9. The van der Waals surface area contributed by atoms with Crippen LogP contribution in [-0.2, 0) is 21.3 Å². The van der Waals surface area contributed by atoms with Gasteiger partial charge in [0, 0.05) is 19.6 Å². The van der Waals surface area contributed by atoms with Crippen molar-refractivity contribution in [1.29, 1.82) is 0 Å². The van der Waals surface area contributed by atoms with Crippen LogP contribution in [0, 0.1) is 6.92 Å². The van der Waals surface area contributed by atoms with Crippen molar-refractivity contribution >= 4 is 10.0 Å². The SMILES string of the molecule is CCNCc1n[nH]c(C)c1S(=O)(=O)N1CC(C)OC(C)C1. The van der Waals surface area contributed by atoms with Gasteiger partial charge in [-0.3, -0.25) is 5.10 Å². The Hall–Kier alpha value is -0.960. The normalized spacial score (nSPS) is 24.4. The average Bonchev–Trinajstić information content (AvgIpc) is 2.77. The van der Waals surface area contributed by atoms with Crippen LogP contribution in [0.25, 0.3) is 0 Å². The summed E-state index contributed by atoms with van der Waals surface area (Å²) in [5.74, 6) is 0. The molecule has 8 heteroatoms. The van der Waals surface area contributed by atoms with E-state index in [2.05, 4.69) is 15.5 Å². The molecule has 0 aliphatic carbocycles. The van der Waals surface area contributed by atoms with Crippen molar-refractivity contribution in [2.75, 3.05) is 19.6 Å². The Morgan fingerprint density at radius 1 is 1.38 bits per heavy atom. The fraction of sp³-hybridized carbons (Fsp3) is 0.769.